The number of carbonyl (C=O) groups is 2. The molecule has 0 aliphatic rings. The van der Waals surface area contributed by atoms with Gasteiger partial charge in [0.25, 0.3) is 5.91 Å². The number of nitrogens with zero attached hydrogens (tertiary/aromatic N) is 1. The largest absolute Gasteiger partial charge is 0.449 e. The van der Waals surface area contributed by atoms with Crippen molar-refractivity contribution in [3.63, 3.8) is 0 Å². The summed E-state index contributed by atoms with van der Waals surface area (Å²) in [5.41, 5.74) is -0.595. The Hall–Kier alpha value is -2.31. The van der Waals surface area contributed by atoms with Gasteiger partial charge in [0, 0.05) is 18.2 Å². The van der Waals surface area contributed by atoms with E-state index in [1.54, 1.807) is 4.90 Å². The van der Waals surface area contributed by atoms with Gasteiger partial charge in [-0.05, 0) is 58.4 Å². The van der Waals surface area contributed by atoms with Gasteiger partial charge in [0.2, 0.25) is 0 Å². The Kier molecular flexibility index (Phi) is 7.41. The van der Waals surface area contributed by atoms with Crippen LogP contribution in [-0.2, 0) is 20.5 Å². The van der Waals surface area contributed by atoms with Crippen LogP contribution in [0.4, 0.5) is 13.2 Å². The molecule has 0 heterocycles. The molecular weight excluding hydrogens is 347 g/mol. The lowest BCUT2D eigenvalue weighted by molar-refractivity contribution is -0.157. The number of hydrogen-bond acceptors (Lipinski definition) is 3. The van der Waals surface area contributed by atoms with Crippen LogP contribution in [0.1, 0.15) is 45.7 Å². The highest BCUT2D eigenvalue weighted by molar-refractivity contribution is 5.90. The third-order valence-corrected chi connectivity index (χ3v) is 3.63. The second-order valence-electron chi connectivity index (χ2n) is 6.47. The van der Waals surface area contributed by atoms with Gasteiger partial charge in [-0.2, -0.15) is 13.2 Å². The Bertz CT molecular complexity index is 658. The third-order valence-electron chi connectivity index (χ3n) is 3.63. The molecule has 1 atom stereocenters. The summed E-state index contributed by atoms with van der Waals surface area (Å²) in [6, 6.07) is 4.46. The summed E-state index contributed by atoms with van der Waals surface area (Å²) in [5, 5.41) is 0. The lowest BCUT2D eigenvalue weighted by Gasteiger charge is -2.32. The number of esters is 1. The molecule has 0 saturated heterocycles. The third kappa shape index (κ3) is 6.20. The van der Waals surface area contributed by atoms with Crippen molar-refractivity contribution < 1.29 is 27.5 Å². The second-order valence-corrected chi connectivity index (χ2v) is 6.47. The maximum Gasteiger partial charge on any atom is 0.416 e. The van der Waals surface area contributed by atoms with Crippen molar-refractivity contribution in [2.24, 2.45) is 0 Å². The van der Waals surface area contributed by atoms with E-state index in [1.807, 2.05) is 27.7 Å². The molecule has 144 valence electrons. The summed E-state index contributed by atoms with van der Waals surface area (Å²) in [5.74, 6) is -1.12. The molecule has 1 unspecified atom stereocenters. The number of benzene rings is 1. The van der Waals surface area contributed by atoms with Gasteiger partial charge in [0.15, 0.2) is 6.10 Å². The Morgan fingerprint density at radius 1 is 1.08 bits per heavy atom. The SMILES string of the molecule is CC(OC(=O)/C=C/c1cccc(C(F)(F)F)c1)C(=O)N(C(C)C)C(C)C. The van der Waals surface area contributed by atoms with Crippen molar-refractivity contribution >= 4 is 18.0 Å². The minimum Gasteiger partial charge on any atom is -0.449 e. The quantitative estimate of drug-likeness (QED) is 0.553. The van der Waals surface area contributed by atoms with Crippen molar-refractivity contribution in [1.29, 1.82) is 0 Å². The first-order valence-electron chi connectivity index (χ1n) is 8.31. The van der Waals surface area contributed by atoms with Crippen molar-refractivity contribution in [2.75, 3.05) is 0 Å². The van der Waals surface area contributed by atoms with Crippen LogP contribution in [0.25, 0.3) is 6.08 Å². The van der Waals surface area contributed by atoms with Gasteiger partial charge >= 0.3 is 12.1 Å². The van der Waals surface area contributed by atoms with Crippen molar-refractivity contribution in [3.05, 3.63) is 41.5 Å². The second kappa shape index (κ2) is 8.87. The minimum absolute atomic E-state index is 0.0516. The van der Waals surface area contributed by atoms with Crippen LogP contribution < -0.4 is 0 Å². The highest BCUT2D eigenvalue weighted by Gasteiger charge is 2.30. The van der Waals surface area contributed by atoms with Crippen molar-refractivity contribution in [1.82, 2.24) is 4.90 Å². The van der Waals surface area contributed by atoms with Gasteiger partial charge < -0.3 is 9.64 Å². The lowest BCUT2D eigenvalue weighted by atomic mass is 10.1. The zero-order chi connectivity index (χ0) is 20.1. The first kappa shape index (κ1) is 21.7. The van der Waals surface area contributed by atoms with Gasteiger partial charge in [-0.1, -0.05) is 12.1 Å². The number of alkyl halides is 3. The average Bonchev–Trinajstić information content (AvgIpc) is 2.51. The zero-order valence-electron chi connectivity index (χ0n) is 15.5. The Morgan fingerprint density at radius 3 is 2.15 bits per heavy atom. The lowest BCUT2D eigenvalue weighted by Crippen LogP contribution is -2.47. The molecule has 4 nitrogen and oxygen atoms in total. The van der Waals surface area contributed by atoms with Gasteiger partial charge in [0.1, 0.15) is 0 Å². The van der Waals surface area contributed by atoms with E-state index in [4.69, 9.17) is 4.74 Å². The maximum atomic E-state index is 12.7. The normalized spacial score (nSPS) is 13.3. The molecule has 0 aliphatic heterocycles. The molecule has 0 aromatic heterocycles. The van der Waals surface area contributed by atoms with E-state index in [9.17, 15) is 22.8 Å². The molecule has 0 spiro atoms. The summed E-state index contributed by atoms with van der Waals surface area (Å²) >= 11 is 0. The molecule has 1 aromatic carbocycles. The fraction of sp³-hybridized carbons (Fsp3) is 0.474. The van der Waals surface area contributed by atoms with E-state index in [1.165, 1.54) is 25.1 Å². The van der Waals surface area contributed by atoms with Crippen LogP contribution in [-0.4, -0.2) is 35.0 Å². The standard InChI is InChI=1S/C19H24F3NO3/c1-12(2)23(13(3)4)18(25)14(5)26-17(24)10-9-15-7-6-8-16(11-15)19(20,21)22/h6-14H,1-5H3/b10-9+. The van der Waals surface area contributed by atoms with E-state index >= 15 is 0 Å². The van der Waals surface area contributed by atoms with E-state index in [0.29, 0.717) is 0 Å². The first-order chi connectivity index (χ1) is 11.9. The van der Waals surface area contributed by atoms with Gasteiger partial charge in [0.05, 0.1) is 5.56 Å². The summed E-state index contributed by atoms with van der Waals surface area (Å²) in [6.07, 6.45) is -3.22. The fourth-order valence-corrected chi connectivity index (χ4v) is 2.56. The van der Waals surface area contributed by atoms with Gasteiger partial charge in [-0.3, -0.25) is 4.79 Å². The highest BCUT2D eigenvalue weighted by Crippen LogP contribution is 2.29. The number of rotatable bonds is 6. The number of amides is 1. The van der Waals surface area contributed by atoms with Crippen LogP contribution in [0.5, 0.6) is 0 Å². The summed E-state index contributed by atoms with van der Waals surface area (Å²) in [6.45, 7) is 8.91. The van der Waals surface area contributed by atoms with Crippen molar-refractivity contribution in [2.45, 2.75) is 59.0 Å². The summed E-state index contributed by atoms with van der Waals surface area (Å²) < 4.78 is 43.1. The topological polar surface area (TPSA) is 46.6 Å². The van der Waals surface area contributed by atoms with Crippen LogP contribution in [0, 0.1) is 0 Å². The van der Waals surface area contributed by atoms with E-state index in [2.05, 4.69) is 0 Å². The first-order valence-corrected chi connectivity index (χ1v) is 8.31. The molecule has 26 heavy (non-hydrogen) atoms. The predicted octanol–water partition coefficient (Wildman–Crippen LogP) is 4.30. The predicted molar refractivity (Wildman–Crippen MR) is 93.2 cm³/mol. The molecule has 0 aliphatic carbocycles. The summed E-state index contributed by atoms with van der Waals surface area (Å²) in [7, 11) is 0. The molecule has 0 N–H and O–H groups in total. The van der Waals surface area contributed by atoms with Crippen LogP contribution >= 0.6 is 0 Å². The monoisotopic (exact) mass is 371 g/mol. The average molecular weight is 371 g/mol. The van der Waals surface area contributed by atoms with Crippen molar-refractivity contribution in [3.8, 4) is 0 Å². The smallest absolute Gasteiger partial charge is 0.416 e. The molecule has 1 rings (SSSR count). The molecule has 0 saturated carbocycles. The van der Waals surface area contributed by atoms with E-state index in [0.717, 1.165) is 18.2 Å². The number of ether oxygens (including phenoxy) is 1. The molecule has 0 fully saturated rings. The molecule has 0 bridgehead atoms. The zero-order valence-corrected chi connectivity index (χ0v) is 15.5. The Labute approximate surface area is 151 Å². The van der Waals surface area contributed by atoms with E-state index in [-0.39, 0.29) is 23.6 Å². The Morgan fingerprint density at radius 2 is 1.65 bits per heavy atom. The van der Waals surface area contributed by atoms with Crippen LogP contribution in [0.2, 0.25) is 0 Å². The Balaban J connectivity index is 2.77. The highest BCUT2D eigenvalue weighted by atomic mass is 19.4. The summed E-state index contributed by atoms with van der Waals surface area (Å²) in [4.78, 5) is 25.9. The number of carbonyl (C=O) groups excluding carboxylic acids is 2. The van der Waals surface area contributed by atoms with Gasteiger partial charge in [-0.15, -0.1) is 0 Å². The fourth-order valence-electron chi connectivity index (χ4n) is 2.56. The minimum atomic E-state index is -4.46. The molecule has 0 radical (unpaired) electrons. The molecule has 1 amide bonds. The van der Waals surface area contributed by atoms with Crippen LogP contribution in [0.15, 0.2) is 30.3 Å². The van der Waals surface area contributed by atoms with Crippen LogP contribution in [0.3, 0.4) is 0 Å². The van der Waals surface area contributed by atoms with E-state index < -0.39 is 23.8 Å². The van der Waals surface area contributed by atoms with Gasteiger partial charge in [-0.25, -0.2) is 4.79 Å². The maximum absolute atomic E-state index is 12.7. The molecule has 7 heteroatoms. The number of hydrogen-bond donors (Lipinski definition) is 0. The molecular formula is C19H24F3NO3. The number of halogens is 3. The molecule has 1 aromatic rings.